The van der Waals surface area contributed by atoms with Gasteiger partial charge in [-0.3, -0.25) is 4.79 Å². The minimum atomic E-state index is -3.96. The Labute approximate surface area is 236 Å². The second-order valence-electron chi connectivity index (χ2n) is 11.6. The normalized spacial score (nSPS) is 15.4. The van der Waals surface area contributed by atoms with Crippen LogP contribution in [-0.4, -0.2) is 25.1 Å². The fourth-order valence-corrected chi connectivity index (χ4v) is 7.52. The minimum absolute atomic E-state index is 0.0818. The van der Waals surface area contributed by atoms with Gasteiger partial charge < -0.3 is 14.7 Å². The number of aliphatic carboxylic acids is 1. The molecule has 5 rings (SSSR count). The zero-order chi connectivity index (χ0) is 29.0. The molecule has 1 unspecified atom stereocenters. The Hall–Kier alpha value is -3.68. The van der Waals surface area contributed by atoms with Crippen molar-refractivity contribution >= 4 is 32.3 Å². The first-order valence-corrected chi connectivity index (χ1v) is 14.9. The molecule has 1 heterocycles. The molecule has 40 heavy (non-hydrogen) atoms. The Morgan fingerprint density at radius 1 is 0.975 bits per heavy atom. The van der Waals surface area contributed by atoms with Gasteiger partial charge in [0.25, 0.3) is 0 Å². The average Bonchev–Trinajstić information content (AvgIpc) is 3.21. The number of anilines is 1. The molecule has 1 atom stereocenters. The van der Waals surface area contributed by atoms with Crippen LogP contribution in [-0.2, 0) is 32.3 Å². The molecule has 0 bridgehead atoms. The zero-order valence-electron chi connectivity index (χ0n) is 23.8. The Morgan fingerprint density at radius 2 is 1.68 bits per heavy atom. The van der Waals surface area contributed by atoms with Crippen molar-refractivity contribution in [2.75, 3.05) is 4.90 Å². The number of benzene rings is 4. The smallest absolute Gasteiger partial charge is 0.307 e. The van der Waals surface area contributed by atoms with E-state index in [9.17, 15) is 18.3 Å². The molecule has 6 nitrogen and oxygen atoms in total. The first kappa shape index (κ1) is 27.9. The zero-order valence-corrected chi connectivity index (χ0v) is 24.6. The topological polar surface area (TPSA) is 83.9 Å². The molecular formula is C33H35NO5S. The number of hydrogen-bond donors (Lipinski definition) is 1. The molecule has 0 amide bonds. The van der Waals surface area contributed by atoms with Gasteiger partial charge in [-0.25, -0.2) is 8.42 Å². The number of hydrogen-bond acceptors (Lipinski definition) is 5. The van der Waals surface area contributed by atoms with Crippen LogP contribution in [0.5, 0.6) is 0 Å². The molecule has 1 N–H and O–H groups in total. The Bertz CT molecular complexity index is 1750. The highest BCUT2D eigenvalue weighted by Gasteiger charge is 2.38. The van der Waals surface area contributed by atoms with E-state index in [2.05, 4.69) is 0 Å². The largest absolute Gasteiger partial charge is 0.481 e. The van der Waals surface area contributed by atoms with E-state index in [4.69, 9.17) is 4.74 Å². The van der Waals surface area contributed by atoms with Crippen molar-refractivity contribution in [2.45, 2.75) is 76.1 Å². The van der Waals surface area contributed by atoms with Crippen LogP contribution in [0.2, 0.25) is 0 Å². The van der Waals surface area contributed by atoms with E-state index in [0.29, 0.717) is 28.7 Å². The molecule has 208 valence electrons. The quantitative estimate of drug-likeness (QED) is 0.273. The third kappa shape index (κ3) is 5.00. The summed E-state index contributed by atoms with van der Waals surface area (Å²) in [6, 6.07) is 20.5. The lowest BCUT2D eigenvalue weighted by molar-refractivity contribution is -0.136. The molecule has 1 aliphatic rings. The molecule has 4 aromatic rings. The van der Waals surface area contributed by atoms with Crippen LogP contribution < -0.4 is 4.90 Å². The number of aryl methyl sites for hydroxylation is 1. The number of rotatable bonds is 6. The predicted octanol–water partition coefficient (Wildman–Crippen LogP) is 7.06. The van der Waals surface area contributed by atoms with E-state index < -0.39 is 27.6 Å². The van der Waals surface area contributed by atoms with Crippen LogP contribution in [0.3, 0.4) is 0 Å². The van der Waals surface area contributed by atoms with Gasteiger partial charge in [-0.15, -0.1) is 0 Å². The summed E-state index contributed by atoms with van der Waals surface area (Å²) >= 11 is 0. The van der Waals surface area contributed by atoms with Gasteiger partial charge in [0.15, 0.2) is 6.23 Å². The maximum Gasteiger partial charge on any atom is 0.307 e. The van der Waals surface area contributed by atoms with Crippen LogP contribution >= 0.6 is 0 Å². The van der Waals surface area contributed by atoms with Gasteiger partial charge in [-0.1, -0.05) is 54.6 Å². The number of fused-ring (bicyclic) bond motifs is 2. The maximum atomic E-state index is 14.6. The van der Waals surface area contributed by atoms with Gasteiger partial charge in [0.2, 0.25) is 9.84 Å². The third-order valence-electron chi connectivity index (χ3n) is 7.62. The molecule has 1 aliphatic heterocycles. The van der Waals surface area contributed by atoms with E-state index in [1.807, 2.05) is 101 Å². The number of nitrogens with zero attached hydrogens (tertiary/aromatic N) is 1. The summed E-state index contributed by atoms with van der Waals surface area (Å²) in [5.41, 5.74) is 5.22. The van der Waals surface area contributed by atoms with E-state index >= 15 is 0 Å². The molecule has 0 radical (unpaired) electrons. The van der Waals surface area contributed by atoms with E-state index in [1.165, 1.54) is 0 Å². The minimum Gasteiger partial charge on any atom is -0.481 e. The molecule has 0 aliphatic carbocycles. The molecular weight excluding hydrogens is 522 g/mol. The number of ether oxygens (including phenoxy) is 1. The number of carboxylic acids is 1. The monoisotopic (exact) mass is 557 g/mol. The molecule has 7 heteroatoms. The first-order valence-electron chi connectivity index (χ1n) is 13.4. The fraction of sp³-hybridized carbons (Fsp3) is 0.303. The van der Waals surface area contributed by atoms with Crippen LogP contribution in [0.4, 0.5) is 5.69 Å². The highest BCUT2D eigenvalue weighted by molar-refractivity contribution is 7.92. The van der Waals surface area contributed by atoms with E-state index in [-0.39, 0.29) is 16.2 Å². The molecule has 4 aromatic carbocycles. The summed E-state index contributed by atoms with van der Waals surface area (Å²) < 4.78 is 35.8. The lowest BCUT2D eigenvalue weighted by atomic mass is 10.0. The van der Waals surface area contributed by atoms with Gasteiger partial charge in [0, 0.05) is 17.5 Å². The summed E-state index contributed by atoms with van der Waals surface area (Å²) in [6.45, 7) is 12.1. The van der Waals surface area contributed by atoms with Gasteiger partial charge in [-0.2, -0.15) is 0 Å². The SMILES string of the molecule is Cc1cc(N2Cc3cc(CC(=O)O)ccc3C2OC(C)(C)C)c(S(=O)(=O)c2cccc3ccccc23)c(C)c1C. The number of carboxylic acid groups (broad SMARTS) is 1. The van der Waals surface area contributed by atoms with Crippen molar-refractivity contribution in [3.8, 4) is 0 Å². The molecule has 0 fully saturated rings. The van der Waals surface area contributed by atoms with E-state index in [1.54, 1.807) is 12.1 Å². The van der Waals surface area contributed by atoms with Crippen molar-refractivity contribution in [3.05, 3.63) is 100 Å². The lowest BCUT2D eigenvalue weighted by Crippen LogP contribution is -2.32. The van der Waals surface area contributed by atoms with Crippen LogP contribution in [0.25, 0.3) is 10.8 Å². The molecule has 0 spiro atoms. The summed E-state index contributed by atoms with van der Waals surface area (Å²) in [7, 11) is -3.96. The predicted molar refractivity (Wildman–Crippen MR) is 158 cm³/mol. The highest BCUT2D eigenvalue weighted by Crippen LogP contribution is 2.46. The Morgan fingerprint density at radius 3 is 2.38 bits per heavy atom. The third-order valence-corrected chi connectivity index (χ3v) is 9.60. The van der Waals surface area contributed by atoms with Gasteiger partial charge in [0.1, 0.15) is 0 Å². The summed E-state index contributed by atoms with van der Waals surface area (Å²) in [6.07, 6.45) is -0.626. The van der Waals surface area contributed by atoms with Gasteiger partial charge in [-0.05, 0) is 86.9 Å². The van der Waals surface area contributed by atoms with E-state index in [0.717, 1.165) is 27.6 Å². The second-order valence-corrected chi connectivity index (χ2v) is 13.4. The number of carbonyl (C=O) groups is 1. The first-order chi connectivity index (χ1) is 18.8. The molecule has 0 aromatic heterocycles. The van der Waals surface area contributed by atoms with Crippen molar-refractivity contribution in [1.82, 2.24) is 0 Å². The van der Waals surface area contributed by atoms with Crippen molar-refractivity contribution in [1.29, 1.82) is 0 Å². The Kier molecular flexibility index (Phi) is 7.01. The second kappa shape index (κ2) is 10.1. The standard InChI is InChI=1S/C33H35NO5S/c1-20-16-28(34-19-25-17-23(18-30(35)36)14-15-27(25)32(34)39-33(4,5)6)31(22(3)21(20)2)40(37,38)29-13-9-11-24-10-7-8-12-26(24)29/h7-17,32H,18-19H2,1-6H3,(H,35,36). The molecule has 0 saturated heterocycles. The molecule has 0 saturated carbocycles. The summed E-state index contributed by atoms with van der Waals surface area (Å²) in [4.78, 5) is 13.9. The van der Waals surface area contributed by atoms with Crippen LogP contribution in [0.15, 0.2) is 76.5 Å². The van der Waals surface area contributed by atoms with Crippen molar-refractivity contribution in [3.63, 3.8) is 0 Å². The summed E-state index contributed by atoms with van der Waals surface area (Å²) in [5, 5.41) is 10.9. The highest BCUT2D eigenvalue weighted by atomic mass is 32.2. The lowest BCUT2D eigenvalue weighted by Gasteiger charge is -2.35. The van der Waals surface area contributed by atoms with Crippen molar-refractivity contribution in [2.24, 2.45) is 0 Å². The Balaban J connectivity index is 1.74. The maximum absolute atomic E-state index is 14.6. The van der Waals surface area contributed by atoms with Crippen LogP contribution in [0, 0.1) is 20.8 Å². The fourth-order valence-electron chi connectivity index (χ4n) is 5.56. The van der Waals surface area contributed by atoms with Crippen molar-refractivity contribution < 1.29 is 23.1 Å². The number of sulfone groups is 1. The summed E-state index contributed by atoms with van der Waals surface area (Å²) in [5.74, 6) is -0.898. The van der Waals surface area contributed by atoms with Gasteiger partial charge in [0.05, 0.1) is 27.5 Å². The van der Waals surface area contributed by atoms with Crippen LogP contribution in [0.1, 0.15) is 60.4 Å². The average molecular weight is 558 g/mol. The van der Waals surface area contributed by atoms with Gasteiger partial charge >= 0.3 is 5.97 Å².